The zero-order chi connectivity index (χ0) is 25.0. The SMILES string of the molecule is CCCCCOc1ccc(C(=O)NC(=S)Nc2ccccc2C(=O)N(C)Cc2ccccc2)cc1. The molecule has 6 nitrogen and oxygen atoms in total. The first kappa shape index (κ1) is 25.9. The van der Waals surface area contributed by atoms with E-state index in [1.165, 1.54) is 0 Å². The van der Waals surface area contributed by atoms with Gasteiger partial charge in [-0.15, -0.1) is 0 Å². The predicted octanol–water partition coefficient (Wildman–Crippen LogP) is 5.65. The van der Waals surface area contributed by atoms with Crippen LogP contribution < -0.4 is 15.4 Å². The summed E-state index contributed by atoms with van der Waals surface area (Å²) >= 11 is 5.34. The Kier molecular flexibility index (Phi) is 9.80. The number of benzene rings is 3. The molecule has 0 saturated heterocycles. The van der Waals surface area contributed by atoms with Gasteiger partial charge in [0, 0.05) is 19.2 Å². The van der Waals surface area contributed by atoms with Crippen molar-refractivity contribution >= 4 is 34.8 Å². The number of nitrogens with one attached hydrogen (secondary N) is 2. The maximum atomic E-state index is 13.1. The van der Waals surface area contributed by atoms with Gasteiger partial charge >= 0.3 is 0 Å². The first-order valence-corrected chi connectivity index (χ1v) is 12.1. The Bertz CT molecular complexity index is 1130. The van der Waals surface area contributed by atoms with Crippen LogP contribution in [0.4, 0.5) is 5.69 Å². The van der Waals surface area contributed by atoms with Crippen LogP contribution in [0.15, 0.2) is 78.9 Å². The number of unbranched alkanes of at least 4 members (excludes halogenated alkanes) is 2. The van der Waals surface area contributed by atoms with Crippen LogP contribution in [0.5, 0.6) is 5.75 Å². The first-order valence-electron chi connectivity index (χ1n) is 11.7. The van der Waals surface area contributed by atoms with E-state index in [4.69, 9.17) is 17.0 Å². The van der Waals surface area contributed by atoms with E-state index in [0.29, 0.717) is 30.0 Å². The molecule has 0 aromatic heterocycles. The quantitative estimate of drug-likeness (QED) is 0.284. The number of carbonyl (C=O) groups excluding carboxylic acids is 2. The minimum absolute atomic E-state index is 0.112. The van der Waals surface area contributed by atoms with Crippen LogP contribution in [0.1, 0.15) is 52.5 Å². The molecule has 3 rings (SSSR count). The van der Waals surface area contributed by atoms with E-state index in [0.717, 1.165) is 30.6 Å². The molecule has 7 heteroatoms. The lowest BCUT2D eigenvalue weighted by atomic mass is 10.1. The van der Waals surface area contributed by atoms with Crippen molar-refractivity contribution in [1.29, 1.82) is 0 Å². The minimum Gasteiger partial charge on any atom is -0.494 e. The van der Waals surface area contributed by atoms with Crippen LogP contribution in [-0.2, 0) is 6.54 Å². The zero-order valence-corrected chi connectivity index (χ0v) is 20.9. The van der Waals surface area contributed by atoms with Gasteiger partial charge in [-0.1, -0.05) is 62.2 Å². The number of rotatable bonds is 10. The highest BCUT2D eigenvalue weighted by Gasteiger charge is 2.17. The van der Waals surface area contributed by atoms with E-state index >= 15 is 0 Å². The lowest BCUT2D eigenvalue weighted by Gasteiger charge is -2.20. The zero-order valence-electron chi connectivity index (χ0n) is 20.1. The summed E-state index contributed by atoms with van der Waals surface area (Å²) in [7, 11) is 1.75. The van der Waals surface area contributed by atoms with Crippen molar-refractivity contribution in [2.45, 2.75) is 32.7 Å². The molecule has 0 aliphatic heterocycles. The number of nitrogens with zero attached hydrogens (tertiary/aromatic N) is 1. The number of amides is 2. The smallest absolute Gasteiger partial charge is 0.257 e. The molecular weight excluding hydrogens is 458 g/mol. The summed E-state index contributed by atoms with van der Waals surface area (Å²) in [6.45, 7) is 3.28. The Balaban J connectivity index is 1.58. The van der Waals surface area contributed by atoms with E-state index in [9.17, 15) is 9.59 Å². The van der Waals surface area contributed by atoms with E-state index < -0.39 is 0 Å². The molecular formula is C28H31N3O3S. The van der Waals surface area contributed by atoms with Gasteiger partial charge in [-0.05, 0) is 60.6 Å². The van der Waals surface area contributed by atoms with E-state index in [1.807, 2.05) is 30.3 Å². The molecule has 2 N–H and O–H groups in total. The minimum atomic E-state index is -0.343. The normalized spacial score (nSPS) is 10.3. The molecule has 0 saturated carbocycles. The number of ether oxygens (including phenoxy) is 1. The summed E-state index contributed by atoms with van der Waals surface area (Å²) in [6, 6.07) is 23.8. The van der Waals surface area contributed by atoms with Crippen LogP contribution >= 0.6 is 12.2 Å². The second kappa shape index (κ2) is 13.2. The number of carbonyl (C=O) groups is 2. The van der Waals surface area contributed by atoms with Gasteiger partial charge in [0.15, 0.2) is 5.11 Å². The van der Waals surface area contributed by atoms with Crippen molar-refractivity contribution in [3.8, 4) is 5.75 Å². The van der Waals surface area contributed by atoms with Gasteiger partial charge in [-0.3, -0.25) is 14.9 Å². The second-order valence-electron chi connectivity index (χ2n) is 8.18. The Morgan fingerprint density at radius 1 is 0.914 bits per heavy atom. The van der Waals surface area contributed by atoms with Gasteiger partial charge in [0.25, 0.3) is 11.8 Å². The summed E-state index contributed by atoms with van der Waals surface area (Å²) in [5, 5.41) is 5.78. The summed E-state index contributed by atoms with van der Waals surface area (Å²) in [4.78, 5) is 27.4. The lowest BCUT2D eigenvalue weighted by molar-refractivity contribution is 0.0786. The third-order valence-corrected chi connectivity index (χ3v) is 5.58. The van der Waals surface area contributed by atoms with Crippen LogP contribution in [0, 0.1) is 0 Å². The van der Waals surface area contributed by atoms with Crippen molar-refractivity contribution in [2.24, 2.45) is 0 Å². The Labute approximate surface area is 212 Å². The maximum absolute atomic E-state index is 13.1. The lowest BCUT2D eigenvalue weighted by Crippen LogP contribution is -2.35. The molecule has 0 unspecified atom stereocenters. The van der Waals surface area contributed by atoms with Crippen LogP contribution in [-0.4, -0.2) is 35.5 Å². The van der Waals surface area contributed by atoms with Crippen LogP contribution in [0.3, 0.4) is 0 Å². The van der Waals surface area contributed by atoms with Gasteiger partial charge < -0.3 is 15.0 Å². The molecule has 0 aliphatic rings. The van der Waals surface area contributed by atoms with E-state index in [-0.39, 0.29) is 16.9 Å². The van der Waals surface area contributed by atoms with E-state index in [2.05, 4.69) is 17.6 Å². The van der Waals surface area contributed by atoms with Crippen molar-refractivity contribution in [1.82, 2.24) is 10.2 Å². The summed E-state index contributed by atoms with van der Waals surface area (Å²) in [5.41, 5.74) is 2.49. The van der Waals surface area contributed by atoms with Gasteiger partial charge in [-0.25, -0.2) is 0 Å². The summed E-state index contributed by atoms with van der Waals surface area (Å²) < 4.78 is 5.69. The highest BCUT2D eigenvalue weighted by molar-refractivity contribution is 7.80. The summed E-state index contributed by atoms with van der Waals surface area (Å²) in [6.07, 6.45) is 3.27. The molecule has 0 aliphatic carbocycles. The van der Waals surface area contributed by atoms with Gasteiger partial charge in [0.05, 0.1) is 17.9 Å². The first-order chi connectivity index (χ1) is 17.0. The molecule has 0 atom stereocenters. The van der Waals surface area contributed by atoms with Gasteiger partial charge in [0.1, 0.15) is 5.75 Å². The van der Waals surface area contributed by atoms with E-state index in [1.54, 1.807) is 60.5 Å². The van der Waals surface area contributed by atoms with Crippen molar-refractivity contribution in [3.63, 3.8) is 0 Å². The number of para-hydroxylation sites is 1. The third-order valence-electron chi connectivity index (χ3n) is 5.38. The fourth-order valence-electron chi connectivity index (χ4n) is 3.49. The topological polar surface area (TPSA) is 70.7 Å². The molecule has 3 aromatic rings. The summed E-state index contributed by atoms with van der Waals surface area (Å²) in [5.74, 6) is 0.232. The Hall–Kier alpha value is -3.71. The fraction of sp³-hybridized carbons (Fsp3) is 0.250. The van der Waals surface area contributed by atoms with Crippen molar-refractivity contribution < 1.29 is 14.3 Å². The molecule has 3 aromatic carbocycles. The maximum Gasteiger partial charge on any atom is 0.257 e. The van der Waals surface area contributed by atoms with Crippen molar-refractivity contribution in [2.75, 3.05) is 19.0 Å². The number of thiocarbonyl (C=S) groups is 1. The number of hydrogen-bond acceptors (Lipinski definition) is 4. The highest BCUT2D eigenvalue weighted by Crippen LogP contribution is 2.18. The predicted molar refractivity (Wildman–Crippen MR) is 144 cm³/mol. The molecule has 0 spiro atoms. The monoisotopic (exact) mass is 489 g/mol. The Morgan fingerprint density at radius 3 is 2.31 bits per heavy atom. The molecule has 0 heterocycles. The molecule has 0 radical (unpaired) electrons. The average molecular weight is 490 g/mol. The molecule has 35 heavy (non-hydrogen) atoms. The second-order valence-corrected chi connectivity index (χ2v) is 8.59. The third kappa shape index (κ3) is 7.93. The molecule has 0 bridgehead atoms. The van der Waals surface area contributed by atoms with Crippen LogP contribution in [0.25, 0.3) is 0 Å². The highest BCUT2D eigenvalue weighted by atomic mass is 32.1. The molecule has 182 valence electrons. The molecule has 0 fully saturated rings. The average Bonchev–Trinajstić information content (AvgIpc) is 2.87. The Morgan fingerprint density at radius 2 is 1.60 bits per heavy atom. The molecule has 2 amide bonds. The van der Waals surface area contributed by atoms with Crippen molar-refractivity contribution in [3.05, 3.63) is 95.6 Å². The van der Waals surface area contributed by atoms with Crippen LogP contribution in [0.2, 0.25) is 0 Å². The van der Waals surface area contributed by atoms with Gasteiger partial charge in [0.2, 0.25) is 0 Å². The standard InChI is InChI=1S/C28H31N3O3S/c1-3-4-10-19-34-23-17-15-22(16-18-23)26(32)30-28(35)29-25-14-9-8-13-24(25)27(33)31(2)20-21-11-6-5-7-12-21/h5-9,11-18H,3-4,10,19-20H2,1-2H3,(H2,29,30,32,35). The number of hydrogen-bond donors (Lipinski definition) is 2. The number of anilines is 1. The van der Waals surface area contributed by atoms with Gasteiger partial charge in [-0.2, -0.15) is 0 Å². The largest absolute Gasteiger partial charge is 0.494 e. The fourth-order valence-corrected chi connectivity index (χ4v) is 3.69.